The molecule has 2 heterocycles. The van der Waals surface area contributed by atoms with Crippen molar-refractivity contribution >= 4 is 11.6 Å². The molecule has 24 heavy (non-hydrogen) atoms. The van der Waals surface area contributed by atoms with Gasteiger partial charge < -0.3 is 25.0 Å². The maximum Gasteiger partial charge on any atom is 0.239 e. The highest BCUT2D eigenvalue weighted by molar-refractivity contribution is 5.82. The van der Waals surface area contributed by atoms with Gasteiger partial charge in [0.05, 0.1) is 25.5 Å². The van der Waals surface area contributed by atoms with Gasteiger partial charge in [-0.05, 0) is 31.4 Å². The van der Waals surface area contributed by atoms with Crippen LogP contribution < -0.4 is 20.3 Å². The summed E-state index contributed by atoms with van der Waals surface area (Å²) in [4.78, 5) is 14.7. The number of benzene rings is 1. The van der Waals surface area contributed by atoms with Gasteiger partial charge in [-0.1, -0.05) is 12.1 Å². The summed E-state index contributed by atoms with van der Waals surface area (Å²) in [5, 5.41) is 6.32. The first kappa shape index (κ1) is 17.0. The molecule has 1 aromatic rings. The lowest BCUT2D eigenvalue weighted by Gasteiger charge is -2.29. The van der Waals surface area contributed by atoms with Crippen LogP contribution in [0.3, 0.4) is 0 Å². The zero-order valence-corrected chi connectivity index (χ0v) is 14.5. The highest BCUT2D eigenvalue weighted by atomic mass is 16.5. The van der Waals surface area contributed by atoms with Crippen LogP contribution in [0, 0.1) is 5.92 Å². The zero-order chi connectivity index (χ0) is 16.9. The minimum atomic E-state index is -0.245. The van der Waals surface area contributed by atoms with Gasteiger partial charge in [-0.25, -0.2) is 0 Å². The number of para-hydroxylation sites is 2. The number of morpholine rings is 1. The third-order valence-electron chi connectivity index (χ3n) is 4.88. The van der Waals surface area contributed by atoms with Crippen molar-refractivity contribution in [2.45, 2.75) is 25.5 Å². The topological polar surface area (TPSA) is 62.8 Å². The van der Waals surface area contributed by atoms with Gasteiger partial charge in [0.1, 0.15) is 11.8 Å². The molecule has 0 saturated carbocycles. The molecule has 0 radical (unpaired) electrons. The minimum absolute atomic E-state index is 0.0398. The highest BCUT2D eigenvalue weighted by Crippen LogP contribution is 2.31. The Hall–Kier alpha value is -1.79. The SMILES string of the molecule is COc1ccccc1N1CCC(CNC(=O)[C@H]2NCCO[C@@H]2C)C1. The fourth-order valence-corrected chi connectivity index (χ4v) is 3.49. The first-order valence-corrected chi connectivity index (χ1v) is 8.69. The summed E-state index contributed by atoms with van der Waals surface area (Å²) in [7, 11) is 1.70. The van der Waals surface area contributed by atoms with Crippen molar-refractivity contribution in [3.05, 3.63) is 24.3 Å². The molecule has 3 atom stereocenters. The molecule has 2 aliphatic heterocycles. The predicted octanol–water partition coefficient (Wildman–Crippen LogP) is 1.01. The van der Waals surface area contributed by atoms with Crippen LogP contribution >= 0.6 is 0 Å². The first-order valence-electron chi connectivity index (χ1n) is 8.69. The van der Waals surface area contributed by atoms with E-state index in [1.165, 1.54) is 0 Å². The minimum Gasteiger partial charge on any atom is -0.495 e. The van der Waals surface area contributed by atoms with E-state index in [4.69, 9.17) is 9.47 Å². The zero-order valence-electron chi connectivity index (χ0n) is 14.5. The lowest BCUT2D eigenvalue weighted by Crippen LogP contribution is -2.56. The summed E-state index contributed by atoms with van der Waals surface area (Å²) >= 11 is 0. The lowest BCUT2D eigenvalue weighted by atomic mass is 10.1. The van der Waals surface area contributed by atoms with E-state index in [0.29, 0.717) is 19.1 Å². The van der Waals surface area contributed by atoms with Crippen LogP contribution in [0.15, 0.2) is 24.3 Å². The summed E-state index contributed by atoms with van der Waals surface area (Å²) in [6, 6.07) is 7.84. The fourth-order valence-electron chi connectivity index (χ4n) is 3.49. The number of anilines is 1. The Kier molecular flexibility index (Phi) is 5.58. The monoisotopic (exact) mass is 333 g/mol. The van der Waals surface area contributed by atoms with Gasteiger partial charge >= 0.3 is 0 Å². The molecular formula is C18H27N3O3. The summed E-state index contributed by atoms with van der Waals surface area (Å²) < 4.78 is 11.0. The van der Waals surface area contributed by atoms with Crippen LogP contribution in [0.25, 0.3) is 0 Å². The largest absolute Gasteiger partial charge is 0.495 e. The second-order valence-corrected chi connectivity index (χ2v) is 6.53. The van der Waals surface area contributed by atoms with Crippen LogP contribution in [-0.2, 0) is 9.53 Å². The van der Waals surface area contributed by atoms with E-state index < -0.39 is 0 Å². The molecule has 2 saturated heterocycles. The molecule has 0 aliphatic carbocycles. The van der Waals surface area contributed by atoms with Crippen molar-refractivity contribution in [2.24, 2.45) is 5.92 Å². The average Bonchev–Trinajstić information content (AvgIpc) is 3.09. The van der Waals surface area contributed by atoms with Crippen molar-refractivity contribution in [3.63, 3.8) is 0 Å². The molecule has 0 bridgehead atoms. The summed E-state index contributed by atoms with van der Waals surface area (Å²) in [5.74, 6) is 1.40. The number of nitrogens with one attached hydrogen (secondary N) is 2. The maximum absolute atomic E-state index is 12.3. The Labute approximate surface area is 143 Å². The molecule has 6 nitrogen and oxygen atoms in total. The quantitative estimate of drug-likeness (QED) is 0.842. The fraction of sp³-hybridized carbons (Fsp3) is 0.611. The van der Waals surface area contributed by atoms with Crippen molar-refractivity contribution in [1.82, 2.24) is 10.6 Å². The van der Waals surface area contributed by atoms with Crippen LogP contribution in [0.1, 0.15) is 13.3 Å². The second-order valence-electron chi connectivity index (χ2n) is 6.53. The number of ether oxygens (including phenoxy) is 2. The molecule has 3 rings (SSSR count). The van der Waals surface area contributed by atoms with Gasteiger partial charge in [0, 0.05) is 26.2 Å². The normalized spacial score (nSPS) is 27.1. The Bertz CT molecular complexity index is 566. The number of hydrogen-bond acceptors (Lipinski definition) is 5. The van der Waals surface area contributed by atoms with E-state index in [-0.39, 0.29) is 18.1 Å². The molecule has 1 aromatic carbocycles. The summed E-state index contributed by atoms with van der Waals surface area (Å²) in [5.41, 5.74) is 1.13. The maximum atomic E-state index is 12.3. The Balaban J connectivity index is 1.50. The van der Waals surface area contributed by atoms with Gasteiger partial charge in [-0.15, -0.1) is 0 Å². The summed E-state index contributed by atoms with van der Waals surface area (Å²) in [6.45, 7) is 5.96. The van der Waals surface area contributed by atoms with E-state index >= 15 is 0 Å². The van der Waals surface area contributed by atoms with Crippen LogP contribution in [0.2, 0.25) is 0 Å². The van der Waals surface area contributed by atoms with Gasteiger partial charge in [-0.3, -0.25) is 4.79 Å². The number of amides is 1. The number of nitrogens with zero attached hydrogens (tertiary/aromatic N) is 1. The van der Waals surface area contributed by atoms with Crippen molar-refractivity contribution in [3.8, 4) is 5.75 Å². The molecule has 132 valence electrons. The van der Waals surface area contributed by atoms with Gasteiger partial charge in [0.2, 0.25) is 5.91 Å². The highest BCUT2D eigenvalue weighted by Gasteiger charge is 2.30. The van der Waals surface area contributed by atoms with Crippen LogP contribution in [-0.4, -0.2) is 57.9 Å². The second kappa shape index (κ2) is 7.85. The number of hydrogen-bond donors (Lipinski definition) is 2. The van der Waals surface area contributed by atoms with Gasteiger partial charge in [0.15, 0.2) is 0 Å². The number of methoxy groups -OCH3 is 1. The van der Waals surface area contributed by atoms with Gasteiger partial charge in [0.25, 0.3) is 0 Å². The van der Waals surface area contributed by atoms with E-state index in [0.717, 1.165) is 37.5 Å². The van der Waals surface area contributed by atoms with Crippen LogP contribution in [0.4, 0.5) is 5.69 Å². The van der Waals surface area contributed by atoms with E-state index in [1.807, 2.05) is 25.1 Å². The smallest absolute Gasteiger partial charge is 0.239 e. The molecule has 0 aromatic heterocycles. The average molecular weight is 333 g/mol. The van der Waals surface area contributed by atoms with Crippen LogP contribution in [0.5, 0.6) is 5.75 Å². The van der Waals surface area contributed by atoms with E-state index in [2.05, 4.69) is 21.6 Å². The molecule has 1 unspecified atom stereocenters. The lowest BCUT2D eigenvalue weighted by molar-refractivity contribution is -0.129. The molecule has 2 fully saturated rings. The third kappa shape index (κ3) is 3.82. The third-order valence-corrected chi connectivity index (χ3v) is 4.88. The molecule has 0 spiro atoms. The number of rotatable bonds is 5. The molecule has 6 heteroatoms. The standard InChI is InChI=1S/C18H27N3O3/c1-13-17(19-8-10-24-13)18(22)20-11-14-7-9-21(12-14)15-5-3-4-6-16(15)23-2/h3-6,13-14,17,19H,7-12H2,1-2H3,(H,20,22)/t13-,14?,17+/m1/s1. The van der Waals surface area contributed by atoms with E-state index in [9.17, 15) is 4.79 Å². The number of carbonyl (C=O) groups is 1. The van der Waals surface area contributed by atoms with Gasteiger partial charge in [-0.2, -0.15) is 0 Å². The first-order chi connectivity index (χ1) is 11.7. The Morgan fingerprint density at radius 3 is 3.08 bits per heavy atom. The number of carbonyl (C=O) groups excluding carboxylic acids is 1. The van der Waals surface area contributed by atoms with Crippen molar-refractivity contribution in [2.75, 3.05) is 44.8 Å². The Morgan fingerprint density at radius 1 is 1.46 bits per heavy atom. The van der Waals surface area contributed by atoms with Crippen molar-refractivity contribution < 1.29 is 14.3 Å². The summed E-state index contributed by atoms with van der Waals surface area (Å²) in [6.07, 6.45) is 0.995. The predicted molar refractivity (Wildman–Crippen MR) is 93.5 cm³/mol. The Morgan fingerprint density at radius 2 is 2.29 bits per heavy atom. The van der Waals surface area contributed by atoms with E-state index in [1.54, 1.807) is 7.11 Å². The van der Waals surface area contributed by atoms with Crippen molar-refractivity contribution in [1.29, 1.82) is 0 Å². The molecule has 2 aliphatic rings. The molecule has 1 amide bonds. The molecule has 2 N–H and O–H groups in total. The molecular weight excluding hydrogens is 306 g/mol.